The Bertz CT molecular complexity index is 581. The number of rotatable bonds is 3. The Labute approximate surface area is 149 Å². The van der Waals surface area contributed by atoms with Crippen molar-refractivity contribution in [3.8, 4) is 0 Å². The molecule has 1 aromatic rings. The maximum atomic E-state index is 13.0. The van der Waals surface area contributed by atoms with E-state index in [9.17, 15) is 9.59 Å². The highest BCUT2D eigenvalue weighted by molar-refractivity contribution is 5.88. The molecule has 0 aromatic heterocycles. The minimum Gasteiger partial charge on any atom is -0.350 e. The molecule has 4 atom stereocenters. The van der Waals surface area contributed by atoms with E-state index in [1.807, 2.05) is 37.3 Å². The average molecular weight is 352 g/mol. The summed E-state index contributed by atoms with van der Waals surface area (Å²) in [5, 5.41) is 3.04. The van der Waals surface area contributed by atoms with Gasteiger partial charge in [0.2, 0.25) is 11.8 Å². The van der Waals surface area contributed by atoms with Crippen LogP contribution in [0.5, 0.6) is 0 Å². The van der Waals surface area contributed by atoms with Gasteiger partial charge in [-0.3, -0.25) is 9.59 Å². The summed E-state index contributed by atoms with van der Waals surface area (Å²) in [4.78, 5) is 26.7. The van der Waals surface area contributed by atoms with E-state index in [-0.39, 0.29) is 54.8 Å². The summed E-state index contributed by atoms with van der Waals surface area (Å²) in [7, 11) is 0. The largest absolute Gasteiger partial charge is 0.350 e. The highest BCUT2D eigenvalue weighted by atomic mass is 35.5. The minimum atomic E-state index is -0.351. The molecule has 0 radical (unpaired) electrons. The normalized spacial score (nSPS) is 25.8. The molecule has 1 saturated heterocycles. The van der Waals surface area contributed by atoms with Crippen LogP contribution >= 0.6 is 12.4 Å². The second-order valence-electron chi connectivity index (χ2n) is 6.72. The summed E-state index contributed by atoms with van der Waals surface area (Å²) in [6.07, 6.45) is 4.14. The third-order valence-corrected chi connectivity index (χ3v) is 5.19. The van der Waals surface area contributed by atoms with Crippen LogP contribution in [0.4, 0.5) is 0 Å². The Balaban J connectivity index is 0.00000208. The zero-order valence-corrected chi connectivity index (χ0v) is 14.8. The van der Waals surface area contributed by atoms with Gasteiger partial charge in [0.25, 0.3) is 0 Å². The van der Waals surface area contributed by atoms with Gasteiger partial charge in [0.15, 0.2) is 0 Å². The molecule has 4 unspecified atom stereocenters. The summed E-state index contributed by atoms with van der Waals surface area (Å²) in [6.45, 7) is 2.02. The third-order valence-electron chi connectivity index (χ3n) is 5.19. The van der Waals surface area contributed by atoms with Crippen molar-refractivity contribution in [2.45, 2.75) is 50.7 Å². The Morgan fingerprint density at radius 3 is 2.62 bits per heavy atom. The number of hydrogen-bond donors (Lipinski definition) is 2. The summed E-state index contributed by atoms with van der Waals surface area (Å²) in [5.41, 5.74) is 7.25. The molecule has 0 bridgehead atoms. The highest BCUT2D eigenvalue weighted by Gasteiger charge is 2.40. The van der Waals surface area contributed by atoms with Crippen molar-refractivity contribution in [2.24, 2.45) is 11.7 Å². The van der Waals surface area contributed by atoms with E-state index in [1.165, 1.54) is 0 Å². The van der Waals surface area contributed by atoms with Gasteiger partial charge in [0.1, 0.15) is 0 Å². The second-order valence-corrected chi connectivity index (χ2v) is 6.72. The Kier molecular flexibility index (Phi) is 6.24. The Morgan fingerprint density at radius 2 is 1.92 bits per heavy atom. The fraction of sp³-hybridized carbons (Fsp3) is 0.556. The zero-order chi connectivity index (χ0) is 16.4. The molecule has 1 aliphatic heterocycles. The van der Waals surface area contributed by atoms with Crippen molar-refractivity contribution in [3.05, 3.63) is 35.9 Å². The number of amides is 2. The number of nitrogens with two attached hydrogens (primary N) is 1. The number of benzene rings is 1. The first-order valence-corrected chi connectivity index (χ1v) is 8.48. The molecular formula is C18H26ClN3O2. The molecule has 3 rings (SSSR count). The van der Waals surface area contributed by atoms with Gasteiger partial charge in [-0.25, -0.2) is 0 Å². The Morgan fingerprint density at radius 1 is 1.25 bits per heavy atom. The molecule has 0 spiro atoms. The van der Waals surface area contributed by atoms with Gasteiger partial charge in [-0.05, 0) is 18.4 Å². The number of halogens is 1. The number of nitrogens with one attached hydrogen (secondary N) is 1. The topological polar surface area (TPSA) is 75.4 Å². The lowest BCUT2D eigenvalue weighted by atomic mass is 9.86. The zero-order valence-electron chi connectivity index (χ0n) is 14.0. The first-order chi connectivity index (χ1) is 11.1. The number of carbonyl (C=O) groups excluding carboxylic acids is 2. The highest BCUT2D eigenvalue weighted by Crippen LogP contribution is 2.29. The van der Waals surface area contributed by atoms with Crippen LogP contribution < -0.4 is 11.1 Å². The van der Waals surface area contributed by atoms with Crippen molar-refractivity contribution in [1.29, 1.82) is 0 Å². The van der Waals surface area contributed by atoms with E-state index >= 15 is 0 Å². The van der Waals surface area contributed by atoms with Gasteiger partial charge in [-0.2, -0.15) is 0 Å². The molecular weight excluding hydrogens is 326 g/mol. The van der Waals surface area contributed by atoms with Crippen molar-refractivity contribution in [2.75, 3.05) is 6.54 Å². The predicted octanol–water partition coefficient (Wildman–Crippen LogP) is 2.01. The van der Waals surface area contributed by atoms with Crippen LogP contribution in [-0.4, -0.2) is 35.3 Å². The van der Waals surface area contributed by atoms with Gasteiger partial charge in [-0.1, -0.05) is 50.1 Å². The number of hydrogen-bond acceptors (Lipinski definition) is 3. The molecule has 1 saturated carbocycles. The van der Waals surface area contributed by atoms with Crippen LogP contribution in [0.2, 0.25) is 0 Å². The third kappa shape index (κ3) is 3.73. The van der Waals surface area contributed by atoms with Crippen LogP contribution in [0.1, 0.15) is 44.2 Å². The van der Waals surface area contributed by atoms with Crippen LogP contribution in [0, 0.1) is 5.92 Å². The van der Waals surface area contributed by atoms with Crippen LogP contribution in [0.25, 0.3) is 0 Å². The average Bonchev–Trinajstić information content (AvgIpc) is 2.59. The van der Waals surface area contributed by atoms with Crippen molar-refractivity contribution < 1.29 is 9.59 Å². The summed E-state index contributed by atoms with van der Waals surface area (Å²) in [5.74, 6) is -0.402. The summed E-state index contributed by atoms with van der Waals surface area (Å²) >= 11 is 0. The molecule has 1 aromatic carbocycles. The molecule has 3 N–H and O–H groups in total. The Hall–Kier alpha value is -1.59. The maximum absolute atomic E-state index is 13.0. The molecule has 2 aliphatic rings. The lowest BCUT2D eigenvalue weighted by Crippen LogP contribution is -2.64. The molecule has 24 heavy (non-hydrogen) atoms. The fourth-order valence-corrected chi connectivity index (χ4v) is 3.80. The van der Waals surface area contributed by atoms with Crippen LogP contribution in [-0.2, 0) is 9.59 Å². The number of nitrogens with zero attached hydrogens (tertiary/aromatic N) is 1. The fourth-order valence-electron chi connectivity index (χ4n) is 3.80. The standard InChI is InChI=1S/C18H25N3O2.ClH/c1-12(17(19)13-7-3-2-4-8-13)18(23)21-11-16(22)20-14-9-5-6-10-15(14)21;/h2-4,7-8,12,14-15,17H,5-6,9-11,19H2,1H3,(H,20,22);1H. The van der Waals surface area contributed by atoms with E-state index in [0.717, 1.165) is 31.2 Å². The smallest absolute Gasteiger partial charge is 0.239 e. The number of piperazine rings is 1. The monoisotopic (exact) mass is 351 g/mol. The van der Waals surface area contributed by atoms with Crippen molar-refractivity contribution >= 4 is 24.2 Å². The van der Waals surface area contributed by atoms with Crippen LogP contribution in [0.3, 0.4) is 0 Å². The van der Waals surface area contributed by atoms with Crippen LogP contribution in [0.15, 0.2) is 30.3 Å². The SMILES string of the molecule is CC(C(=O)N1CC(=O)NC2CCCCC21)C(N)c1ccccc1.Cl. The van der Waals surface area contributed by atoms with Crippen molar-refractivity contribution in [1.82, 2.24) is 10.2 Å². The van der Waals surface area contributed by atoms with Gasteiger partial charge in [-0.15, -0.1) is 12.4 Å². The van der Waals surface area contributed by atoms with E-state index in [0.29, 0.717) is 0 Å². The molecule has 1 heterocycles. The maximum Gasteiger partial charge on any atom is 0.239 e. The lowest BCUT2D eigenvalue weighted by molar-refractivity contribution is -0.147. The molecule has 5 nitrogen and oxygen atoms in total. The number of fused-ring (bicyclic) bond motifs is 1. The van der Waals surface area contributed by atoms with E-state index in [1.54, 1.807) is 4.90 Å². The van der Waals surface area contributed by atoms with E-state index < -0.39 is 0 Å². The molecule has 2 fully saturated rings. The van der Waals surface area contributed by atoms with E-state index in [2.05, 4.69) is 5.32 Å². The first-order valence-electron chi connectivity index (χ1n) is 8.48. The second kappa shape index (κ2) is 7.99. The van der Waals surface area contributed by atoms with E-state index in [4.69, 9.17) is 5.73 Å². The predicted molar refractivity (Wildman–Crippen MR) is 95.7 cm³/mol. The minimum absolute atomic E-state index is 0. The van der Waals surface area contributed by atoms with Gasteiger partial charge >= 0.3 is 0 Å². The summed E-state index contributed by atoms with van der Waals surface area (Å²) < 4.78 is 0. The molecule has 6 heteroatoms. The number of carbonyl (C=O) groups is 2. The molecule has 132 valence electrons. The molecule has 2 amide bonds. The van der Waals surface area contributed by atoms with Gasteiger partial charge in [0, 0.05) is 12.1 Å². The summed E-state index contributed by atoms with van der Waals surface area (Å²) in [6, 6.07) is 9.56. The van der Waals surface area contributed by atoms with Crippen molar-refractivity contribution in [3.63, 3.8) is 0 Å². The lowest BCUT2D eigenvalue weighted by Gasteiger charge is -2.45. The molecule has 1 aliphatic carbocycles. The van der Waals surface area contributed by atoms with Gasteiger partial charge in [0.05, 0.1) is 18.5 Å². The first kappa shape index (κ1) is 18.7. The van der Waals surface area contributed by atoms with Gasteiger partial charge < -0.3 is 16.0 Å². The quantitative estimate of drug-likeness (QED) is 0.874.